The van der Waals surface area contributed by atoms with Crippen LogP contribution in [0.5, 0.6) is 0 Å². The van der Waals surface area contributed by atoms with Gasteiger partial charge in [0.2, 0.25) is 5.91 Å². The van der Waals surface area contributed by atoms with Crippen LogP contribution in [0.1, 0.15) is 29.8 Å². The summed E-state index contributed by atoms with van der Waals surface area (Å²) in [4.78, 5) is 16.6. The second kappa shape index (κ2) is 10.5. The highest BCUT2D eigenvalue weighted by atomic mass is 35.5. The zero-order valence-electron chi connectivity index (χ0n) is 17.1. The Balaban J connectivity index is 1.48. The molecule has 0 aliphatic carbocycles. The van der Waals surface area contributed by atoms with Gasteiger partial charge in [0, 0.05) is 30.5 Å². The Morgan fingerprint density at radius 1 is 1.07 bits per heavy atom. The number of nitrogens with zero attached hydrogens (tertiary/aromatic N) is 3. The summed E-state index contributed by atoms with van der Waals surface area (Å²) in [7, 11) is 0. The van der Waals surface area contributed by atoms with E-state index in [2.05, 4.69) is 20.7 Å². The van der Waals surface area contributed by atoms with Crippen molar-refractivity contribution in [2.45, 2.75) is 33.1 Å². The van der Waals surface area contributed by atoms with Crippen molar-refractivity contribution in [2.24, 2.45) is 0 Å². The Bertz CT molecular complexity index is 1000. The van der Waals surface area contributed by atoms with Gasteiger partial charge in [0.05, 0.1) is 27.8 Å². The van der Waals surface area contributed by atoms with Crippen molar-refractivity contribution >= 4 is 34.9 Å². The zero-order valence-corrected chi connectivity index (χ0v) is 18.6. The van der Waals surface area contributed by atoms with Gasteiger partial charge in [-0.05, 0) is 57.0 Å². The van der Waals surface area contributed by atoms with Crippen molar-refractivity contribution in [2.75, 3.05) is 18.4 Å². The van der Waals surface area contributed by atoms with Crippen LogP contribution in [0.4, 0.5) is 5.82 Å². The first-order chi connectivity index (χ1) is 14.5. The molecule has 1 amide bonds. The fraction of sp³-hybridized carbons (Fsp3) is 0.318. The Kier molecular flexibility index (Phi) is 7.71. The van der Waals surface area contributed by atoms with Crippen LogP contribution < -0.4 is 10.6 Å². The van der Waals surface area contributed by atoms with Crippen molar-refractivity contribution in [3.05, 3.63) is 69.6 Å². The molecule has 0 atom stereocenters. The number of anilines is 1. The summed E-state index contributed by atoms with van der Waals surface area (Å²) in [6, 6.07) is 11.1. The van der Waals surface area contributed by atoms with Crippen molar-refractivity contribution in [1.29, 1.82) is 0 Å². The van der Waals surface area contributed by atoms with Gasteiger partial charge in [-0.3, -0.25) is 4.79 Å². The van der Waals surface area contributed by atoms with Crippen molar-refractivity contribution in [3.63, 3.8) is 0 Å². The zero-order chi connectivity index (χ0) is 21.5. The minimum Gasteiger partial charge on any atom is -0.370 e. The van der Waals surface area contributed by atoms with Gasteiger partial charge >= 0.3 is 0 Å². The Morgan fingerprint density at radius 2 is 1.87 bits per heavy atom. The first-order valence-corrected chi connectivity index (χ1v) is 10.6. The molecule has 2 heterocycles. The summed E-state index contributed by atoms with van der Waals surface area (Å²) in [6.07, 6.45) is 3.90. The molecule has 0 saturated heterocycles. The SMILES string of the molecule is Cc1nn(-c2ccc(Cl)c(Cl)c2)c(C)c1CC(=O)NCCCCNc1ccccn1. The molecule has 0 radical (unpaired) electrons. The highest BCUT2D eigenvalue weighted by Crippen LogP contribution is 2.26. The molecule has 3 rings (SSSR count). The van der Waals surface area contributed by atoms with Gasteiger partial charge in [0.25, 0.3) is 0 Å². The van der Waals surface area contributed by atoms with Gasteiger partial charge in [0.1, 0.15) is 5.82 Å². The van der Waals surface area contributed by atoms with E-state index in [0.717, 1.165) is 47.8 Å². The van der Waals surface area contributed by atoms with Crippen molar-refractivity contribution < 1.29 is 4.79 Å². The molecule has 6 nitrogen and oxygen atoms in total. The Labute approximate surface area is 186 Å². The maximum atomic E-state index is 12.4. The number of rotatable bonds is 9. The fourth-order valence-corrected chi connectivity index (χ4v) is 3.48. The molecule has 8 heteroatoms. The van der Waals surface area contributed by atoms with E-state index in [0.29, 0.717) is 23.0 Å². The number of aryl methyl sites for hydroxylation is 1. The van der Waals surface area contributed by atoms with Gasteiger partial charge in [0.15, 0.2) is 0 Å². The molecule has 1 aromatic carbocycles. The number of carbonyl (C=O) groups is 1. The number of amides is 1. The highest BCUT2D eigenvalue weighted by Gasteiger charge is 2.16. The minimum absolute atomic E-state index is 0.00688. The van der Waals surface area contributed by atoms with Crippen molar-refractivity contribution in [3.8, 4) is 5.69 Å². The molecular formula is C22H25Cl2N5O. The molecular weight excluding hydrogens is 421 g/mol. The van der Waals surface area contributed by atoms with E-state index < -0.39 is 0 Å². The molecule has 0 unspecified atom stereocenters. The number of carbonyl (C=O) groups excluding carboxylic acids is 1. The molecule has 2 aromatic heterocycles. The van der Waals surface area contributed by atoms with Crippen LogP contribution in [0, 0.1) is 13.8 Å². The first kappa shape index (κ1) is 22.1. The third kappa shape index (κ3) is 5.74. The molecule has 0 aliphatic heterocycles. The van der Waals surface area contributed by atoms with Crippen LogP contribution in [0.2, 0.25) is 10.0 Å². The number of aromatic nitrogens is 3. The van der Waals surface area contributed by atoms with E-state index in [-0.39, 0.29) is 5.91 Å². The molecule has 0 bridgehead atoms. The first-order valence-electron chi connectivity index (χ1n) is 9.88. The van der Waals surface area contributed by atoms with Crippen LogP contribution in [-0.4, -0.2) is 33.8 Å². The Hall–Kier alpha value is -2.57. The number of hydrogen-bond donors (Lipinski definition) is 2. The molecule has 30 heavy (non-hydrogen) atoms. The van der Waals surface area contributed by atoms with E-state index in [9.17, 15) is 4.79 Å². The van der Waals surface area contributed by atoms with E-state index in [1.807, 2.05) is 38.1 Å². The van der Waals surface area contributed by atoms with Crippen LogP contribution >= 0.6 is 23.2 Å². The van der Waals surface area contributed by atoms with E-state index in [1.165, 1.54) is 0 Å². The number of benzene rings is 1. The largest absolute Gasteiger partial charge is 0.370 e. The average molecular weight is 446 g/mol. The van der Waals surface area contributed by atoms with Gasteiger partial charge in [-0.25, -0.2) is 9.67 Å². The van der Waals surface area contributed by atoms with E-state index in [4.69, 9.17) is 23.2 Å². The lowest BCUT2D eigenvalue weighted by atomic mass is 10.1. The summed E-state index contributed by atoms with van der Waals surface area (Å²) in [6.45, 7) is 5.32. The molecule has 0 fully saturated rings. The maximum Gasteiger partial charge on any atom is 0.224 e. The lowest BCUT2D eigenvalue weighted by Crippen LogP contribution is -2.26. The summed E-state index contributed by atoms with van der Waals surface area (Å²) in [5, 5.41) is 11.8. The molecule has 0 saturated carbocycles. The molecule has 2 N–H and O–H groups in total. The highest BCUT2D eigenvalue weighted by molar-refractivity contribution is 6.42. The van der Waals surface area contributed by atoms with E-state index in [1.54, 1.807) is 23.0 Å². The van der Waals surface area contributed by atoms with Crippen LogP contribution in [-0.2, 0) is 11.2 Å². The molecule has 0 aliphatic rings. The van der Waals surface area contributed by atoms with Gasteiger partial charge in [-0.15, -0.1) is 0 Å². The van der Waals surface area contributed by atoms with Crippen LogP contribution in [0.15, 0.2) is 42.6 Å². The summed E-state index contributed by atoms with van der Waals surface area (Å²) < 4.78 is 1.80. The van der Waals surface area contributed by atoms with Gasteiger partial charge in [-0.2, -0.15) is 5.10 Å². The predicted molar refractivity (Wildman–Crippen MR) is 122 cm³/mol. The number of hydrogen-bond acceptors (Lipinski definition) is 4. The lowest BCUT2D eigenvalue weighted by molar-refractivity contribution is -0.120. The Morgan fingerprint density at radius 3 is 2.60 bits per heavy atom. The normalized spacial score (nSPS) is 10.8. The summed E-state index contributed by atoms with van der Waals surface area (Å²) >= 11 is 12.1. The molecule has 0 spiro atoms. The maximum absolute atomic E-state index is 12.4. The van der Waals surface area contributed by atoms with Gasteiger partial charge < -0.3 is 10.6 Å². The fourth-order valence-electron chi connectivity index (χ4n) is 3.18. The number of pyridine rings is 1. The topological polar surface area (TPSA) is 71.8 Å². The smallest absolute Gasteiger partial charge is 0.224 e. The van der Waals surface area contributed by atoms with Crippen molar-refractivity contribution in [1.82, 2.24) is 20.1 Å². The molecule has 158 valence electrons. The third-order valence-corrected chi connectivity index (χ3v) is 5.56. The second-order valence-corrected chi connectivity index (χ2v) is 7.85. The predicted octanol–water partition coefficient (Wildman–Crippen LogP) is 4.74. The minimum atomic E-state index is -0.00688. The van der Waals surface area contributed by atoms with Crippen LogP contribution in [0.3, 0.4) is 0 Å². The van der Waals surface area contributed by atoms with Crippen LogP contribution in [0.25, 0.3) is 5.69 Å². The average Bonchev–Trinajstić information content (AvgIpc) is 3.01. The lowest BCUT2D eigenvalue weighted by Gasteiger charge is -2.08. The molecule has 3 aromatic rings. The number of halogens is 2. The van der Waals surface area contributed by atoms with Gasteiger partial charge in [-0.1, -0.05) is 29.3 Å². The number of nitrogens with one attached hydrogen (secondary N) is 2. The second-order valence-electron chi connectivity index (χ2n) is 7.04. The van der Waals surface area contributed by atoms with E-state index >= 15 is 0 Å². The number of unbranched alkanes of at least 4 members (excludes halogenated alkanes) is 1. The summed E-state index contributed by atoms with van der Waals surface area (Å²) in [5.74, 6) is 0.860. The third-order valence-electron chi connectivity index (χ3n) is 4.82. The monoisotopic (exact) mass is 445 g/mol. The standard InChI is InChI=1S/C22H25Cl2N5O/c1-15-18(16(2)29(28-15)17-8-9-19(23)20(24)13-17)14-22(30)27-12-6-5-11-26-21-7-3-4-10-25-21/h3-4,7-10,13H,5-6,11-12,14H2,1-2H3,(H,25,26)(H,27,30). The summed E-state index contributed by atoms with van der Waals surface area (Å²) in [5.41, 5.74) is 3.49. The quantitative estimate of drug-likeness (QED) is 0.466.